The molecule has 0 bridgehead atoms. The number of para-hydroxylation sites is 2. The molecule has 2 N–H and O–H groups in total. The summed E-state index contributed by atoms with van der Waals surface area (Å²) in [7, 11) is 0. The van der Waals surface area contributed by atoms with Crippen LogP contribution < -0.4 is 10.6 Å². The maximum Gasteiger partial charge on any atom is 0.163 e. The summed E-state index contributed by atoms with van der Waals surface area (Å²) in [6.07, 6.45) is 1.26. The van der Waals surface area contributed by atoms with Crippen molar-refractivity contribution in [2.75, 3.05) is 10.6 Å². The van der Waals surface area contributed by atoms with Gasteiger partial charge >= 0.3 is 0 Å². The lowest BCUT2D eigenvalue weighted by atomic mass is 9.78. The Morgan fingerprint density at radius 1 is 0.867 bits per heavy atom. The minimum Gasteiger partial charge on any atom is -0.372 e. The van der Waals surface area contributed by atoms with E-state index in [1.807, 2.05) is 66.7 Å². The van der Waals surface area contributed by atoms with Crippen LogP contribution in [0, 0.1) is 0 Å². The van der Waals surface area contributed by atoms with E-state index in [1.54, 1.807) is 0 Å². The standard InChI is InChI=1S/C25H20BrClN2O/c26-19-6-2-1-5-18(19)25-24-22(28-20-7-3-4-8-21(20)29-25)13-16(14-23(24)30)15-9-11-17(27)12-10-15/h1-12,16,25,28-29H,13-14H2. The number of anilines is 2. The number of carbonyl (C=O) groups is 1. The maximum absolute atomic E-state index is 13.5. The normalized spacial score (nSPS) is 20.5. The number of fused-ring (bicyclic) bond motifs is 1. The van der Waals surface area contributed by atoms with Gasteiger partial charge in [-0.15, -0.1) is 0 Å². The summed E-state index contributed by atoms with van der Waals surface area (Å²) in [4.78, 5) is 13.5. The SMILES string of the molecule is O=C1CC(c2ccc(Cl)cc2)CC2=C1C(c1ccccc1Br)Nc1ccccc1N2. The van der Waals surface area contributed by atoms with Crippen molar-refractivity contribution in [2.45, 2.75) is 24.8 Å². The van der Waals surface area contributed by atoms with Gasteiger partial charge in [-0.25, -0.2) is 0 Å². The van der Waals surface area contributed by atoms with Crippen LogP contribution in [0.5, 0.6) is 0 Å². The number of hydrogen-bond acceptors (Lipinski definition) is 3. The lowest BCUT2D eigenvalue weighted by Crippen LogP contribution is -2.27. The van der Waals surface area contributed by atoms with Crippen molar-refractivity contribution in [1.82, 2.24) is 0 Å². The molecule has 0 saturated heterocycles. The molecule has 0 radical (unpaired) electrons. The van der Waals surface area contributed by atoms with Crippen LogP contribution in [0.2, 0.25) is 5.02 Å². The lowest BCUT2D eigenvalue weighted by Gasteiger charge is -2.30. The number of carbonyl (C=O) groups excluding carboxylic acids is 1. The minimum atomic E-state index is -0.217. The predicted octanol–water partition coefficient (Wildman–Crippen LogP) is 7.08. The molecule has 0 aromatic heterocycles. The van der Waals surface area contributed by atoms with Crippen molar-refractivity contribution in [2.24, 2.45) is 0 Å². The second-order valence-corrected chi connectivity index (χ2v) is 9.03. The van der Waals surface area contributed by atoms with E-state index in [9.17, 15) is 4.79 Å². The van der Waals surface area contributed by atoms with Gasteiger partial charge in [0, 0.05) is 27.2 Å². The molecule has 5 rings (SSSR count). The number of halogens is 2. The monoisotopic (exact) mass is 478 g/mol. The van der Waals surface area contributed by atoms with Gasteiger partial charge in [0.05, 0.1) is 17.4 Å². The first-order valence-corrected chi connectivity index (χ1v) is 11.2. The Morgan fingerprint density at radius 2 is 1.57 bits per heavy atom. The summed E-state index contributed by atoms with van der Waals surface area (Å²) >= 11 is 9.75. The summed E-state index contributed by atoms with van der Waals surface area (Å²) < 4.78 is 0.987. The third kappa shape index (κ3) is 3.55. The molecule has 1 heterocycles. The molecule has 0 spiro atoms. The summed E-state index contributed by atoms with van der Waals surface area (Å²) in [5.74, 6) is 0.302. The van der Waals surface area contributed by atoms with Crippen molar-refractivity contribution in [1.29, 1.82) is 0 Å². The molecule has 0 amide bonds. The third-order valence-corrected chi connectivity index (χ3v) is 6.84. The Morgan fingerprint density at radius 3 is 2.33 bits per heavy atom. The molecule has 3 nitrogen and oxygen atoms in total. The highest BCUT2D eigenvalue weighted by Crippen LogP contribution is 2.45. The van der Waals surface area contributed by atoms with Crippen LogP contribution in [0.15, 0.2) is 88.5 Å². The molecular formula is C25H20BrClN2O. The van der Waals surface area contributed by atoms with E-state index in [0.29, 0.717) is 11.4 Å². The van der Waals surface area contributed by atoms with E-state index in [-0.39, 0.29) is 17.7 Å². The Bertz CT molecular complexity index is 1160. The van der Waals surface area contributed by atoms with E-state index in [2.05, 4.69) is 32.6 Å². The molecule has 0 saturated carbocycles. The molecule has 2 aliphatic rings. The number of hydrogen-bond donors (Lipinski definition) is 2. The van der Waals surface area contributed by atoms with E-state index in [0.717, 1.165) is 44.7 Å². The highest BCUT2D eigenvalue weighted by atomic mass is 79.9. The smallest absolute Gasteiger partial charge is 0.163 e. The van der Waals surface area contributed by atoms with Crippen LogP contribution in [0.1, 0.15) is 35.9 Å². The fraction of sp³-hybridized carbons (Fsp3) is 0.160. The van der Waals surface area contributed by atoms with Crippen LogP contribution in [0.4, 0.5) is 11.4 Å². The van der Waals surface area contributed by atoms with E-state index in [4.69, 9.17) is 11.6 Å². The quantitative estimate of drug-likeness (QED) is 0.412. The first-order chi connectivity index (χ1) is 14.6. The number of rotatable bonds is 2. The van der Waals surface area contributed by atoms with E-state index in [1.165, 1.54) is 0 Å². The Labute approximate surface area is 189 Å². The van der Waals surface area contributed by atoms with Gasteiger partial charge in [0.15, 0.2) is 5.78 Å². The van der Waals surface area contributed by atoms with Crippen LogP contribution in [0.3, 0.4) is 0 Å². The minimum absolute atomic E-state index is 0.131. The maximum atomic E-state index is 13.5. The van der Waals surface area contributed by atoms with Crippen molar-refractivity contribution >= 4 is 44.7 Å². The Balaban J connectivity index is 1.62. The van der Waals surface area contributed by atoms with E-state index >= 15 is 0 Å². The van der Waals surface area contributed by atoms with Crippen LogP contribution >= 0.6 is 27.5 Å². The number of allylic oxidation sites excluding steroid dienone is 1. The first kappa shape index (κ1) is 19.4. The molecule has 3 aromatic rings. The fourth-order valence-corrected chi connectivity index (χ4v) is 5.05. The van der Waals surface area contributed by atoms with Gasteiger partial charge in [-0.1, -0.05) is 70.0 Å². The highest BCUT2D eigenvalue weighted by Gasteiger charge is 2.36. The molecule has 5 heteroatoms. The van der Waals surface area contributed by atoms with Crippen LogP contribution in [0.25, 0.3) is 0 Å². The van der Waals surface area contributed by atoms with Crippen molar-refractivity contribution < 1.29 is 4.79 Å². The van der Waals surface area contributed by atoms with Crippen LogP contribution in [-0.2, 0) is 4.79 Å². The Kier molecular flexibility index (Phi) is 5.13. The van der Waals surface area contributed by atoms with Gasteiger partial charge in [-0.05, 0) is 53.8 Å². The molecule has 30 heavy (non-hydrogen) atoms. The summed E-state index contributed by atoms with van der Waals surface area (Å²) in [6, 6.07) is 23.8. The zero-order valence-corrected chi connectivity index (χ0v) is 18.5. The highest BCUT2D eigenvalue weighted by molar-refractivity contribution is 9.10. The summed E-state index contributed by atoms with van der Waals surface area (Å²) in [5, 5.41) is 7.91. The topological polar surface area (TPSA) is 41.1 Å². The largest absolute Gasteiger partial charge is 0.372 e. The van der Waals surface area contributed by atoms with E-state index < -0.39 is 0 Å². The first-order valence-electron chi connectivity index (χ1n) is 9.99. The lowest BCUT2D eigenvalue weighted by molar-refractivity contribution is -0.116. The predicted molar refractivity (Wildman–Crippen MR) is 126 cm³/mol. The van der Waals surface area contributed by atoms with Gasteiger partial charge in [-0.3, -0.25) is 4.79 Å². The molecule has 2 atom stereocenters. The van der Waals surface area contributed by atoms with Crippen LogP contribution in [-0.4, -0.2) is 5.78 Å². The molecule has 1 aliphatic carbocycles. The average Bonchev–Trinajstić information content (AvgIpc) is 2.91. The molecular weight excluding hydrogens is 460 g/mol. The van der Waals surface area contributed by atoms with Gasteiger partial charge in [0.2, 0.25) is 0 Å². The van der Waals surface area contributed by atoms with Gasteiger partial charge in [-0.2, -0.15) is 0 Å². The second-order valence-electron chi connectivity index (χ2n) is 7.74. The number of nitrogens with one attached hydrogen (secondary N) is 2. The molecule has 0 fully saturated rings. The van der Waals surface area contributed by atoms with Crippen molar-refractivity contribution in [3.8, 4) is 0 Å². The molecule has 1 aliphatic heterocycles. The Hall–Kier alpha value is -2.56. The summed E-state index contributed by atoms with van der Waals surface area (Å²) in [5.41, 5.74) is 5.99. The molecule has 3 aromatic carbocycles. The zero-order valence-electron chi connectivity index (χ0n) is 16.2. The van der Waals surface area contributed by atoms with Gasteiger partial charge < -0.3 is 10.6 Å². The molecule has 150 valence electrons. The second kappa shape index (κ2) is 7.93. The number of Topliss-reactive ketones (excluding diaryl/α,β-unsaturated/α-hetero) is 1. The average molecular weight is 480 g/mol. The fourth-order valence-electron chi connectivity index (χ4n) is 4.41. The number of ketones is 1. The van der Waals surface area contributed by atoms with Crippen molar-refractivity contribution in [3.63, 3.8) is 0 Å². The zero-order chi connectivity index (χ0) is 20.7. The summed E-state index contributed by atoms with van der Waals surface area (Å²) in [6.45, 7) is 0. The van der Waals surface area contributed by atoms with Gasteiger partial charge in [0.1, 0.15) is 0 Å². The number of benzene rings is 3. The third-order valence-electron chi connectivity index (χ3n) is 5.87. The molecule has 2 unspecified atom stereocenters. The van der Waals surface area contributed by atoms with Crippen molar-refractivity contribution in [3.05, 3.63) is 105 Å². The van der Waals surface area contributed by atoms with Gasteiger partial charge in [0.25, 0.3) is 0 Å².